The molecule has 0 aromatic carbocycles. The molecule has 1 saturated carbocycles. The highest BCUT2D eigenvalue weighted by Crippen LogP contribution is 2.38. The number of hydrogen-bond donors (Lipinski definition) is 1. The van der Waals surface area contributed by atoms with Crippen molar-refractivity contribution in [2.24, 2.45) is 11.8 Å². The minimum absolute atomic E-state index is 0.00196. The number of aromatic amines is 1. The van der Waals surface area contributed by atoms with Gasteiger partial charge in [0.25, 0.3) is 5.56 Å². The lowest BCUT2D eigenvalue weighted by molar-refractivity contribution is 0.310. The number of piperidine rings is 1. The molecule has 1 aromatic rings. The lowest BCUT2D eigenvalue weighted by atomic mass is 9.87. The van der Waals surface area contributed by atoms with Gasteiger partial charge in [0, 0.05) is 25.1 Å². The van der Waals surface area contributed by atoms with Gasteiger partial charge in [0.15, 0.2) is 0 Å². The molecule has 0 unspecified atom stereocenters. The average Bonchev–Trinajstić information content (AvgIpc) is 3.22. The highest BCUT2D eigenvalue weighted by Gasteiger charge is 2.28. The maximum atomic E-state index is 11.7. The molecule has 1 aromatic heterocycles. The van der Waals surface area contributed by atoms with Gasteiger partial charge in [0.1, 0.15) is 11.6 Å². The first-order chi connectivity index (χ1) is 9.13. The molecule has 0 radical (unpaired) electrons. The molecule has 2 fully saturated rings. The fraction of sp³-hybridized carbons (Fsp3) is 0.733. The van der Waals surface area contributed by atoms with E-state index in [0.717, 1.165) is 36.6 Å². The molecule has 0 atom stereocenters. The Morgan fingerprint density at radius 2 is 1.95 bits per heavy atom. The summed E-state index contributed by atoms with van der Waals surface area (Å²) >= 11 is 0. The molecule has 0 spiro atoms. The molecule has 1 N–H and O–H groups in total. The summed E-state index contributed by atoms with van der Waals surface area (Å²) in [5.41, 5.74) is -0.00196. The predicted molar refractivity (Wildman–Crippen MR) is 76.6 cm³/mol. The first-order valence-corrected chi connectivity index (χ1v) is 7.49. The van der Waals surface area contributed by atoms with Crippen LogP contribution in [-0.2, 0) is 0 Å². The first kappa shape index (κ1) is 12.7. The lowest BCUT2D eigenvalue weighted by Crippen LogP contribution is -2.36. The third-order valence-electron chi connectivity index (χ3n) is 4.52. The maximum Gasteiger partial charge on any atom is 0.252 e. The number of rotatable bonds is 3. The van der Waals surface area contributed by atoms with E-state index in [1.54, 1.807) is 6.07 Å². The zero-order valence-corrected chi connectivity index (χ0v) is 11.9. The van der Waals surface area contributed by atoms with Gasteiger partial charge in [-0.2, -0.15) is 0 Å². The Bertz CT molecular complexity index is 496. The van der Waals surface area contributed by atoms with Crippen LogP contribution in [0.3, 0.4) is 0 Å². The molecule has 104 valence electrons. The van der Waals surface area contributed by atoms with E-state index in [9.17, 15) is 4.79 Å². The van der Waals surface area contributed by atoms with E-state index in [0.29, 0.717) is 5.92 Å². The third kappa shape index (κ3) is 2.82. The average molecular weight is 261 g/mol. The number of hydrogen-bond acceptors (Lipinski definition) is 3. The monoisotopic (exact) mass is 261 g/mol. The van der Waals surface area contributed by atoms with Gasteiger partial charge in [-0.25, -0.2) is 4.98 Å². The Kier molecular flexibility index (Phi) is 3.33. The van der Waals surface area contributed by atoms with Crippen LogP contribution in [0, 0.1) is 11.8 Å². The number of aromatic nitrogens is 2. The van der Waals surface area contributed by atoms with E-state index in [-0.39, 0.29) is 5.56 Å². The minimum atomic E-state index is -0.00196. The van der Waals surface area contributed by atoms with Crippen molar-refractivity contribution in [3.8, 4) is 0 Å². The normalized spacial score (nSPS) is 21.1. The van der Waals surface area contributed by atoms with Crippen molar-refractivity contribution in [3.63, 3.8) is 0 Å². The van der Waals surface area contributed by atoms with Gasteiger partial charge in [0.05, 0.1) is 0 Å². The van der Waals surface area contributed by atoms with Crippen LogP contribution in [0.5, 0.6) is 0 Å². The summed E-state index contributed by atoms with van der Waals surface area (Å²) in [5, 5.41) is 0. The quantitative estimate of drug-likeness (QED) is 0.909. The van der Waals surface area contributed by atoms with Crippen LogP contribution in [0.1, 0.15) is 51.3 Å². The largest absolute Gasteiger partial charge is 0.356 e. The molecule has 0 amide bonds. The second-order valence-corrected chi connectivity index (χ2v) is 6.33. The van der Waals surface area contributed by atoms with Crippen molar-refractivity contribution in [3.05, 3.63) is 22.2 Å². The highest BCUT2D eigenvalue weighted by molar-refractivity contribution is 5.38. The van der Waals surface area contributed by atoms with Crippen molar-refractivity contribution >= 4 is 5.82 Å². The van der Waals surface area contributed by atoms with Crippen LogP contribution < -0.4 is 10.5 Å². The zero-order valence-electron chi connectivity index (χ0n) is 11.9. The molecular formula is C15H23N3O. The fourth-order valence-electron chi connectivity index (χ4n) is 2.97. The van der Waals surface area contributed by atoms with Gasteiger partial charge in [-0.15, -0.1) is 0 Å². The Hall–Kier alpha value is -1.32. The van der Waals surface area contributed by atoms with E-state index < -0.39 is 0 Å². The Morgan fingerprint density at radius 3 is 2.53 bits per heavy atom. The fourth-order valence-corrected chi connectivity index (χ4v) is 2.97. The van der Waals surface area contributed by atoms with Crippen molar-refractivity contribution in [2.45, 2.75) is 45.4 Å². The molecule has 1 aliphatic heterocycles. The Morgan fingerprint density at radius 1 is 1.26 bits per heavy atom. The smallest absolute Gasteiger partial charge is 0.252 e. The van der Waals surface area contributed by atoms with Crippen molar-refractivity contribution in [1.29, 1.82) is 0 Å². The van der Waals surface area contributed by atoms with E-state index >= 15 is 0 Å². The molecule has 1 saturated heterocycles. The van der Waals surface area contributed by atoms with E-state index in [2.05, 4.69) is 28.7 Å². The van der Waals surface area contributed by atoms with Gasteiger partial charge < -0.3 is 9.88 Å². The van der Waals surface area contributed by atoms with Gasteiger partial charge in [-0.05, 0) is 37.5 Å². The summed E-state index contributed by atoms with van der Waals surface area (Å²) in [4.78, 5) is 21.6. The Balaban J connectivity index is 1.74. The number of nitrogens with one attached hydrogen (secondary N) is 1. The number of anilines is 1. The molecule has 0 bridgehead atoms. The van der Waals surface area contributed by atoms with E-state index in [4.69, 9.17) is 0 Å². The molecule has 4 nitrogen and oxygen atoms in total. The summed E-state index contributed by atoms with van der Waals surface area (Å²) in [6.07, 6.45) is 4.76. The van der Waals surface area contributed by atoms with Crippen LogP contribution >= 0.6 is 0 Å². The van der Waals surface area contributed by atoms with Crippen LogP contribution in [0.25, 0.3) is 0 Å². The van der Waals surface area contributed by atoms with Gasteiger partial charge in [-0.1, -0.05) is 13.8 Å². The standard InChI is InChI=1S/C15H23N3O/c1-10(2)11-5-7-18(8-6-11)13-9-14(19)17-15(16-13)12-3-4-12/h9-12H,3-8H2,1-2H3,(H,16,17,19). The van der Waals surface area contributed by atoms with E-state index in [1.165, 1.54) is 25.7 Å². The molecular weight excluding hydrogens is 238 g/mol. The minimum Gasteiger partial charge on any atom is -0.356 e. The zero-order chi connectivity index (χ0) is 13.4. The van der Waals surface area contributed by atoms with E-state index in [1.807, 2.05) is 0 Å². The second kappa shape index (κ2) is 4.99. The topological polar surface area (TPSA) is 49.0 Å². The molecule has 1 aliphatic carbocycles. The maximum absolute atomic E-state index is 11.7. The van der Waals surface area contributed by atoms with Gasteiger partial charge in [-0.3, -0.25) is 4.79 Å². The van der Waals surface area contributed by atoms with Crippen molar-refractivity contribution < 1.29 is 0 Å². The summed E-state index contributed by atoms with van der Waals surface area (Å²) < 4.78 is 0. The molecule has 4 heteroatoms. The van der Waals surface area contributed by atoms with Crippen molar-refractivity contribution in [2.75, 3.05) is 18.0 Å². The number of nitrogens with zero attached hydrogens (tertiary/aromatic N) is 2. The molecule has 2 aliphatic rings. The van der Waals surface area contributed by atoms with Crippen LogP contribution in [0.15, 0.2) is 10.9 Å². The van der Waals surface area contributed by atoms with Crippen molar-refractivity contribution in [1.82, 2.24) is 9.97 Å². The number of H-pyrrole nitrogens is 1. The first-order valence-electron chi connectivity index (χ1n) is 7.49. The summed E-state index contributed by atoms with van der Waals surface area (Å²) in [7, 11) is 0. The summed E-state index contributed by atoms with van der Waals surface area (Å²) in [5.74, 6) is 3.86. The third-order valence-corrected chi connectivity index (χ3v) is 4.52. The highest BCUT2D eigenvalue weighted by atomic mass is 16.1. The molecule has 19 heavy (non-hydrogen) atoms. The SMILES string of the molecule is CC(C)C1CCN(c2cc(=O)[nH]c(C3CC3)n2)CC1. The van der Waals surface area contributed by atoms with Crippen LogP contribution in [0.4, 0.5) is 5.82 Å². The van der Waals surface area contributed by atoms with Crippen LogP contribution in [-0.4, -0.2) is 23.1 Å². The lowest BCUT2D eigenvalue weighted by Gasteiger charge is -2.34. The molecule has 2 heterocycles. The van der Waals surface area contributed by atoms with Gasteiger partial charge in [0.2, 0.25) is 0 Å². The summed E-state index contributed by atoms with van der Waals surface area (Å²) in [6.45, 7) is 6.67. The molecule has 3 rings (SSSR count). The summed E-state index contributed by atoms with van der Waals surface area (Å²) in [6, 6.07) is 1.65. The predicted octanol–water partition coefficient (Wildman–Crippen LogP) is 2.52. The Labute approximate surface area is 114 Å². The van der Waals surface area contributed by atoms with Gasteiger partial charge >= 0.3 is 0 Å². The second-order valence-electron chi connectivity index (χ2n) is 6.33. The van der Waals surface area contributed by atoms with Crippen LogP contribution in [0.2, 0.25) is 0 Å².